The van der Waals surface area contributed by atoms with Crippen LogP contribution < -0.4 is 9.47 Å². The molecule has 158 valence electrons. The molecule has 4 aromatic rings. The first-order valence-electron chi connectivity index (χ1n) is 10.4. The molecule has 5 rings (SSSR count). The van der Waals surface area contributed by atoms with E-state index in [1.165, 1.54) is 21.6 Å². The molecule has 1 atom stereocenters. The van der Waals surface area contributed by atoms with Gasteiger partial charge in [0.15, 0.2) is 11.5 Å². The molecular weight excluding hydrogens is 406 g/mol. The number of fused-ring (bicyclic) bond motifs is 1. The van der Waals surface area contributed by atoms with Crippen LogP contribution in [0.5, 0.6) is 11.5 Å². The smallest absolute Gasteiger partial charge is 0.161 e. The number of rotatable bonds is 6. The minimum Gasteiger partial charge on any atom is -0.493 e. The van der Waals surface area contributed by atoms with Crippen LogP contribution in [0.25, 0.3) is 5.69 Å². The molecule has 0 bridgehead atoms. The van der Waals surface area contributed by atoms with E-state index < -0.39 is 0 Å². The monoisotopic (exact) mass is 431 g/mol. The molecule has 31 heavy (non-hydrogen) atoms. The molecule has 2 aromatic carbocycles. The maximum Gasteiger partial charge on any atom is 0.161 e. The van der Waals surface area contributed by atoms with E-state index in [4.69, 9.17) is 9.47 Å². The first-order valence-corrected chi connectivity index (χ1v) is 11.3. The molecule has 2 aromatic heterocycles. The lowest BCUT2D eigenvalue weighted by Crippen LogP contribution is -2.35. The standard InChI is InChI=1S/C25H25N3O2S/c1-29-22-15-19-10-13-27(17-18-6-8-20(9-7-18)28-12-4-11-26-28)25(24-5-3-14-31-24)21(19)16-23(22)30-2/h3-9,11-12,14-16,25H,10,13,17H2,1-2H3. The Morgan fingerprint density at radius 3 is 2.52 bits per heavy atom. The first-order chi connectivity index (χ1) is 15.3. The molecule has 1 aliphatic heterocycles. The third kappa shape index (κ3) is 3.84. The Morgan fingerprint density at radius 2 is 1.84 bits per heavy atom. The summed E-state index contributed by atoms with van der Waals surface area (Å²) in [7, 11) is 3.40. The number of methoxy groups -OCH3 is 2. The second kappa shape index (κ2) is 8.57. The maximum absolute atomic E-state index is 5.62. The molecule has 0 N–H and O–H groups in total. The third-order valence-corrected chi connectivity index (χ3v) is 6.80. The Labute approximate surface area is 186 Å². The van der Waals surface area contributed by atoms with Gasteiger partial charge >= 0.3 is 0 Å². The van der Waals surface area contributed by atoms with Crippen LogP contribution in [-0.4, -0.2) is 35.4 Å². The fraction of sp³-hybridized carbons (Fsp3) is 0.240. The van der Waals surface area contributed by atoms with Crippen molar-refractivity contribution in [2.75, 3.05) is 20.8 Å². The minimum absolute atomic E-state index is 0.203. The zero-order valence-corrected chi connectivity index (χ0v) is 18.5. The molecule has 0 saturated heterocycles. The summed E-state index contributed by atoms with van der Waals surface area (Å²) in [6.45, 7) is 1.88. The van der Waals surface area contributed by atoms with E-state index in [2.05, 4.69) is 63.9 Å². The van der Waals surface area contributed by atoms with Gasteiger partial charge in [-0.3, -0.25) is 4.90 Å². The zero-order valence-electron chi connectivity index (χ0n) is 17.7. The summed E-state index contributed by atoms with van der Waals surface area (Å²) < 4.78 is 13.1. The van der Waals surface area contributed by atoms with Crippen LogP contribution in [0, 0.1) is 0 Å². The molecule has 5 nitrogen and oxygen atoms in total. The average molecular weight is 432 g/mol. The van der Waals surface area contributed by atoms with Crippen LogP contribution in [0.15, 0.2) is 72.4 Å². The highest BCUT2D eigenvalue weighted by Crippen LogP contribution is 2.42. The van der Waals surface area contributed by atoms with Crippen molar-refractivity contribution < 1.29 is 9.47 Å². The maximum atomic E-state index is 5.62. The minimum atomic E-state index is 0.203. The Balaban J connectivity index is 1.47. The van der Waals surface area contributed by atoms with Crippen molar-refractivity contribution in [3.63, 3.8) is 0 Å². The second-order valence-corrected chi connectivity index (χ2v) is 8.64. The summed E-state index contributed by atoms with van der Waals surface area (Å²) in [6, 6.07) is 19.5. The van der Waals surface area contributed by atoms with Crippen LogP contribution >= 0.6 is 11.3 Å². The zero-order chi connectivity index (χ0) is 21.2. The van der Waals surface area contributed by atoms with Crippen molar-refractivity contribution in [1.29, 1.82) is 0 Å². The van der Waals surface area contributed by atoms with E-state index in [0.717, 1.165) is 36.7 Å². The molecular formula is C25H25N3O2S. The number of hydrogen-bond donors (Lipinski definition) is 0. The van der Waals surface area contributed by atoms with Gasteiger partial charge in [0.2, 0.25) is 0 Å². The van der Waals surface area contributed by atoms with Gasteiger partial charge in [-0.05, 0) is 64.9 Å². The molecule has 1 unspecified atom stereocenters. The molecule has 6 heteroatoms. The lowest BCUT2D eigenvalue weighted by atomic mass is 9.90. The number of thiophene rings is 1. The number of hydrogen-bond acceptors (Lipinski definition) is 5. The van der Waals surface area contributed by atoms with Gasteiger partial charge < -0.3 is 9.47 Å². The molecule has 0 saturated carbocycles. The topological polar surface area (TPSA) is 39.5 Å². The summed E-state index contributed by atoms with van der Waals surface area (Å²) >= 11 is 1.81. The number of aromatic nitrogens is 2. The summed E-state index contributed by atoms with van der Waals surface area (Å²) in [4.78, 5) is 3.91. The van der Waals surface area contributed by atoms with Crippen LogP contribution in [0.4, 0.5) is 0 Å². The molecule has 0 amide bonds. The normalized spacial score (nSPS) is 16.1. The number of benzene rings is 2. The number of nitrogens with zero attached hydrogens (tertiary/aromatic N) is 3. The summed E-state index contributed by atoms with van der Waals surface area (Å²) in [5.41, 5.74) is 5.01. The second-order valence-electron chi connectivity index (χ2n) is 7.66. The quantitative estimate of drug-likeness (QED) is 0.426. The predicted octanol–water partition coefficient (Wildman–Crippen LogP) is 5.10. The SMILES string of the molecule is COc1cc2c(cc1OC)C(c1cccs1)N(Cc1ccc(-n3cccn3)cc1)CC2. The fourth-order valence-electron chi connectivity index (χ4n) is 4.36. The summed E-state index contributed by atoms with van der Waals surface area (Å²) in [6.07, 6.45) is 4.75. The van der Waals surface area contributed by atoms with Crippen molar-refractivity contribution in [3.8, 4) is 17.2 Å². The van der Waals surface area contributed by atoms with E-state index in [1.54, 1.807) is 31.8 Å². The van der Waals surface area contributed by atoms with E-state index in [-0.39, 0.29) is 6.04 Å². The van der Waals surface area contributed by atoms with Crippen molar-refractivity contribution in [1.82, 2.24) is 14.7 Å². The van der Waals surface area contributed by atoms with Crippen molar-refractivity contribution in [2.24, 2.45) is 0 Å². The van der Waals surface area contributed by atoms with Crippen molar-refractivity contribution in [3.05, 3.63) is 93.9 Å². The van der Waals surface area contributed by atoms with Crippen LogP contribution in [0.3, 0.4) is 0 Å². The van der Waals surface area contributed by atoms with Gasteiger partial charge in [0.05, 0.1) is 25.9 Å². The van der Waals surface area contributed by atoms with Gasteiger partial charge in [0.25, 0.3) is 0 Å². The summed E-state index contributed by atoms with van der Waals surface area (Å²) in [5.74, 6) is 1.59. The largest absolute Gasteiger partial charge is 0.493 e. The molecule has 0 spiro atoms. The van der Waals surface area contributed by atoms with Crippen LogP contribution in [-0.2, 0) is 13.0 Å². The van der Waals surface area contributed by atoms with E-state index in [1.807, 2.05) is 16.9 Å². The predicted molar refractivity (Wildman–Crippen MR) is 123 cm³/mol. The van der Waals surface area contributed by atoms with E-state index in [9.17, 15) is 0 Å². The Morgan fingerprint density at radius 1 is 1.03 bits per heavy atom. The highest BCUT2D eigenvalue weighted by Gasteiger charge is 2.31. The molecule has 0 radical (unpaired) electrons. The van der Waals surface area contributed by atoms with Crippen molar-refractivity contribution in [2.45, 2.75) is 19.0 Å². The van der Waals surface area contributed by atoms with Gasteiger partial charge in [0.1, 0.15) is 0 Å². The lowest BCUT2D eigenvalue weighted by molar-refractivity contribution is 0.206. The lowest BCUT2D eigenvalue weighted by Gasteiger charge is -2.37. The fourth-order valence-corrected chi connectivity index (χ4v) is 5.23. The van der Waals surface area contributed by atoms with Gasteiger partial charge in [0, 0.05) is 30.4 Å². The van der Waals surface area contributed by atoms with E-state index in [0.29, 0.717) is 0 Å². The number of ether oxygens (including phenoxy) is 2. The van der Waals surface area contributed by atoms with E-state index >= 15 is 0 Å². The van der Waals surface area contributed by atoms with Gasteiger partial charge in [-0.25, -0.2) is 4.68 Å². The molecule has 1 aliphatic rings. The van der Waals surface area contributed by atoms with Crippen LogP contribution in [0.1, 0.15) is 27.6 Å². The Hall–Kier alpha value is -3.09. The van der Waals surface area contributed by atoms with Gasteiger partial charge in [-0.2, -0.15) is 5.10 Å². The molecule has 0 fully saturated rings. The van der Waals surface area contributed by atoms with Gasteiger partial charge in [-0.15, -0.1) is 11.3 Å². The van der Waals surface area contributed by atoms with Crippen LogP contribution in [0.2, 0.25) is 0 Å². The van der Waals surface area contributed by atoms with Gasteiger partial charge in [-0.1, -0.05) is 18.2 Å². The highest BCUT2D eigenvalue weighted by atomic mass is 32.1. The molecule has 0 aliphatic carbocycles. The third-order valence-electron chi connectivity index (χ3n) is 5.88. The molecule has 3 heterocycles. The Kier molecular flexibility index (Phi) is 5.49. The van der Waals surface area contributed by atoms with Crippen molar-refractivity contribution >= 4 is 11.3 Å². The average Bonchev–Trinajstić information content (AvgIpc) is 3.53. The summed E-state index contributed by atoms with van der Waals surface area (Å²) in [5, 5.41) is 6.47. The Bertz CT molecular complexity index is 1140. The first kappa shape index (κ1) is 19.8. The highest BCUT2D eigenvalue weighted by molar-refractivity contribution is 7.10.